The SMILES string of the molecule is CCc1cc(O[Si](C)(C)C(C)(C)C)c(F)cc1N=C(N)c1cnn2cc(Br)cc2c1NC[C@H]1CCCN1C(=O)OC(C)(C)C. The monoisotopic (exact) mass is 688 g/mol. The molecule has 1 aliphatic rings. The Morgan fingerprint density at radius 3 is 2.57 bits per heavy atom. The molecule has 1 aromatic carbocycles. The topological polar surface area (TPSA) is 106 Å². The molecular formula is C32H46BrFN6O3Si. The number of hydrogen-bond acceptors (Lipinski definition) is 6. The highest BCUT2D eigenvalue weighted by molar-refractivity contribution is 9.10. The summed E-state index contributed by atoms with van der Waals surface area (Å²) < 4.78 is 30.0. The predicted molar refractivity (Wildman–Crippen MR) is 181 cm³/mol. The largest absolute Gasteiger partial charge is 0.542 e. The summed E-state index contributed by atoms with van der Waals surface area (Å²) in [6.45, 7) is 19.3. The van der Waals surface area contributed by atoms with Crippen LogP contribution in [0, 0.1) is 5.82 Å². The van der Waals surface area contributed by atoms with Gasteiger partial charge in [-0.3, -0.25) is 0 Å². The Kier molecular flexibility index (Phi) is 9.75. The van der Waals surface area contributed by atoms with Crippen molar-refractivity contribution in [3.05, 3.63) is 52.0 Å². The number of carbonyl (C=O) groups is 1. The van der Waals surface area contributed by atoms with E-state index < -0.39 is 19.7 Å². The minimum Gasteiger partial charge on any atom is -0.542 e. The number of nitrogens with zero attached hydrogens (tertiary/aromatic N) is 4. The molecule has 9 nitrogen and oxygen atoms in total. The molecule has 0 unspecified atom stereocenters. The van der Waals surface area contributed by atoms with Crippen LogP contribution in [-0.4, -0.2) is 59.5 Å². The van der Waals surface area contributed by atoms with Crippen LogP contribution < -0.4 is 15.5 Å². The zero-order valence-corrected chi connectivity index (χ0v) is 29.9. The zero-order valence-electron chi connectivity index (χ0n) is 27.3. The molecule has 1 saturated heterocycles. The summed E-state index contributed by atoms with van der Waals surface area (Å²) in [4.78, 5) is 19.4. The van der Waals surface area contributed by atoms with Crippen molar-refractivity contribution in [3.63, 3.8) is 0 Å². The van der Waals surface area contributed by atoms with E-state index in [0.29, 0.717) is 30.8 Å². The Hall–Kier alpha value is -3.12. The Labute approximate surface area is 269 Å². The van der Waals surface area contributed by atoms with Crippen LogP contribution in [0.5, 0.6) is 5.75 Å². The Morgan fingerprint density at radius 1 is 1.23 bits per heavy atom. The second-order valence-electron chi connectivity index (χ2n) is 13.9. The van der Waals surface area contributed by atoms with Crippen LogP contribution in [0.25, 0.3) is 5.52 Å². The molecule has 12 heteroatoms. The Morgan fingerprint density at radius 2 is 1.93 bits per heavy atom. The highest BCUT2D eigenvalue weighted by Crippen LogP contribution is 2.39. The van der Waals surface area contributed by atoms with Gasteiger partial charge < -0.3 is 25.1 Å². The maximum atomic E-state index is 15.4. The summed E-state index contributed by atoms with van der Waals surface area (Å²) in [5.41, 5.74) is 9.43. The molecule has 44 heavy (non-hydrogen) atoms. The van der Waals surface area contributed by atoms with E-state index in [1.807, 2.05) is 40.0 Å². The van der Waals surface area contributed by atoms with E-state index >= 15 is 4.39 Å². The number of nitrogens with two attached hydrogens (primary N) is 1. The number of aromatic nitrogens is 2. The number of anilines is 1. The number of nitrogens with one attached hydrogen (secondary N) is 1. The number of amides is 1. The number of hydrogen-bond donors (Lipinski definition) is 2. The van der Waals surface area contributed by atoms with E-state index in [9.17, 15) is 4.79 Å². The predicted octanol–water partition coefficient (Wildman–Crippen LogP) is 8.03. The lowest BCUT2D eigenvalue weighted by Crippen LogP contribution is -2.44. The van der Waals surface area contributed by atoms with Crippen molar-refractivity contribution in [1.29, 1.82) is 0 Å². The number of rotatable bonds is 8. The molecule has 0 radical (unpaired) electrons. The van der Waals surface area contributed by atoms with Gasteiger partial charge in [0.2, 0.25) is 0 Å². The number of carbonyl (C=O) groups excluding carboxylic acids is 1. The minimum atomic E-state index is -2.25. The van der Waals surface area contributed by atoms with Gasteiger partial charge in [0.15, 0.2) is 5.82 Å². The smallest absolute Gasteiger partial charge is 0.410 e. The highest BCUT2D eigenvalue weighted by Gasteiger charge is 2.39. The second-order valence-corrected chi connectivity index (χ2v) is 19.5. The molecule has 1 aliphatic heterocycles. The Bertz CT molecular complexity index is 1560. The molecule has 3 heterocycles. The first kappa shape index (κ1) is 33.8. The van der Waals surface area contributed by atoms with E-state index in [1.54, 1.807) is 21.7 Å². The van der Waals surface area contributed by atoms with Crippen molar-refractivity contribution in [1.82, 2.24) is 14.5 Å². The van der Waals surface area contributed by atoms with Gasteiger partial charge in [0.1, 0.15) is 17.2 Å². The van der Waals surface area contributed by atoms with Crippen molar-refractivity contribution in [2.75, 3.05) is 18.4 Å². The standard InChI is InChI=1S/C32H46BrFN6O3Si/c1-10-20-14-27(43-44(8,9)32(5,6)7)24(34)16-25(20)38-29(35)23-18-37-40-19-21(33)15-26(40)28(23)36-17-22-12-11-13-39(22)30(41)42-31(2,3)4/h14-16,18-19,22,36H,10-13,17H2,1-9H3,(H2,35,38)/t22-/m1/s1. The van der Waals surface area contributed by atoms with Crippen molar-refractivity contribution < 1.29 is 18.3 Å². The van der Waals surface area contributed by atoms with E-state index in [-0.39, 0.29) is 28.8 Å². The number of amidine groups is 1. The molecule has 0 bridgehead atoms. The number of benzene rings is 1. The number of aryl methyl sites for hydroxylation is 1. The highest BCUT2D eigenvalue weighted by atomic mass is 79.9. The molecule has 0 saturated carbocycles. The van der Waals surface area contributed by atoms with Crippen molar-refractivity contribution in [2.45, 2.75) is 97.5 Å². The zero-order chi connectivity index (χ0) is 32.6. The van der Waals surface area contributed by atoms with E-state index in [2.05, 4.69) is 60.2 Å². The molecule has 4 rings (SSSR count). The molecule has 3 N–H and O–H groups in total. The van der Waals surface area contributed by atoms with Gasteiger partial charge in [-0.05, 0) is 91.8 Å². The number of fused-ring (bicyclic) bond motifs is 1. The van der Waals surface area contributed by atoms with Gasteiger partial charge in [-0.1, -0.05) is 27.7 Å². The summed E-state index contributed by atoms with van der Waals surface area (Å²) >= 11 is 3.54. The molecule has 0 spiro atoms. The van der Waals surface area contributed by atoms with Gasteiger partial charge in [0, 0.05) is 29.8 Å². The normalized spacial score (nSPS) is 16.5. The van der Waals surface area contributed by atoms with Crippen LogP contribution >= 0.6 is 15.9 Å². The van der Waals surface area contributed by atoms with Gasteiger partial charge >= 0.3 is 6.09 Å². The van der Waals surface area contributed by atoms with E-state index in [4.69, 9.17) is 19.9 Å². The summed E-state index contributed by atoms with van der Waals surface area (Å²) in [5, 5.41) is 8.00. The molecule has 3 aromatic rings. The summed E-state index contributed by atoms with van der Waals surface area (Å²) in [7, 11) is -2.25. The Balaban J connectivity index is 1.67. The number of halogens is 2. The summed E-state index contributed by atoms with van der Waals surface area (Å²) in [5.74, 6) is -0.0209. The first-order valence-electron chi connectivity index (χ1n) is 15.2. The van der Waals surface area contributed by atoms with Gasteiger partial charge in [0.25, 0.3) is 8.32 Å². The lowest BCUT2D eigenvalue weighted by atomic mass is 10.1. The first-order valence-corrected chi connectivity index (χ1v) is 18.9. The van der Waals surface area contributed by atoms with Crippen molar-refractivity contribution in [2.24, 2.45) is 10.7 Å². The lowest BCUT2D eigenvalue weighted by molar-refractivity contribution is 0.0235. The third kappa shape index (κ3) is 7.56. The molecule has 1 amide bonds. The summed E-state index contributed by atoms with van der Waals surface area (Å²) in [6, 6.07) is 5.03. The minimum absolute atomic E-state index is 0.0586. The van der Waals surface area contributed by atoms with Crippen LogP contribution in [0.15, 0.2) is 40.1 Å². The van der Waals surface area contributed by atoms with Crippen LogP contribution in [0.3, 0.4) is 0 Å². The van der Waals surface area contributed by atoms with Gasteiger partial charge in [-0.15, -0.1) is 0 Å². The van der Waals surface area contributed by atoms with Gasteiger partial charge in [-0.25, -0.2) is 18.7 Å². The van der Waals surface area contributed by atoms with Crippen LogP contribution in [0.2, 0.25) is 18.1 Å². The fraction of sp³-hybridized carbons (Fsp3) is 0.531. The average Bonchev–Trinajstić information content (AvgIpc) is 3.52. The van der Waals surface area contributed by atoms with Crippen LogP contribution in [-0.2, 0) is 11.2 Å². The maximum Gasteiger partial charge on any atom is 0.410 e. The molecule has 240 valence electrons. The molecular weight excluding hydrogens is 643 g/mol. The second kappa shape index (κ2) is 12.7. The van der Waals surface area contributed by atoms with E-state index in [0.717, 1.165) is 34.1 Å². The van der Waals surface area contributed by atoms with Crippen molar-refractivity contribution in [3.8, 4) is 5.75 Å². The fourth-order valence-electron chi connectivity index (χ4n) is 4.90. The fourth-order valence-corrected chi connectivity index (χ4v) is 6.33. The van der Waals surface area contributed by atoms with Crippen LogP contribution in [0.4, 0.5) is 20.6 Å². The number of likely N-dealkylation sites (tertiary alicyclic amines) is 1. The first-order chi connectivity index (χ1) is 20.4. The van der Waals surface area contributed by atoms with Crippen molar-refractivity contribution >= 4 is 53.1 Å². The third-order valence-electron chi connectivity index (χ3n) is 8.33. The van der Waals surface area contributed by atoms with Gasteiger partial charge in [-0.2, -0.15) is 5.10 Å². The van der Waals surface area contributed by atoms with E-state index in [1.165, 1.54) is 6.07 Å². The van der Waals surface area contributed by atoms with Gasteiger partial charge in [0.05, 0.1) is 34.7 Å². The number of aliphatic imine (C=N–C) groups is 1. The summed E-state index contributed by atoms with van der Waals surface area (Å²) in [6.07, 6.45) is 5.55. The maximum absolute atomic E-state index is 15.4. The quantitative estimate of drug-likeness (QED) is 0.141. The molecule has 2 aromatic heterocycles. The number of ether oxygens (including phenoxy) is 1. The molecule has 1 atom stereocenters. The molecule has 0 aliphatic carbocycles. The average molecular weight is 690 g/mol. The third-order valence-corrected chi connectivity index (χ3v) is 13.1. The lowest BCUT2D eigenvalue weighted by Gasteiger charge is -2.36. The molecule has 1 fully saturated rings. The van der Waals surface area contributed by atoms with Crippen LogP contribution in [0.1, 0.15) is 72.4 Å².